The highest BCUT2D eigenvalue weighted by Gasteiger charge is 2.20. The first-order chi connectivity index (χ1) is 42.5. The first-order valence-corrected chi connectivity index (χ1v) is 39.6. The maximum Gasteiger partial charge on any atom is 0.305 e. The number of unbranched alkanes of at least 4 members (excludes halogenated alkanes) is 60. The van der Waals surface area contributed by atoms with E-state index in [1.165, 1.54) is 366 Å². The van der Waals surface area contributed by atoms with E-state index in [4.69, 9.17) is 4.74 Å². The standard InChI is InChI=1S/C80H155NO5/c1-3-5-7-9-11-13-15-17-19-21-37-41-44-48-52-56-60-64-68-72-78(83)77(76-82)81-79(84)73-69-65-61-57-53-49-45-42-38-35-33-31-29-27-25-23-22-24-26-28-30-32-34-36-39-43-47-51-55-59-63-67-71-75-86-80(85)74-70-66-62-58-54-50-46-40-20-18-16-14-12-10-8-6-4-2/h12,14,18,20,77-78,82-83H,3-11,13,15-17,19,21-76H2,1-2H3,(H,81,84)/b14-12-,20-18-. The number of aliphatic hydroxyl groups excluding tert-OH is 2. The predicted octanol–water partition coefficient (Wildman–Crippen LogP) is 26.0. The van der Waals surface area contributed by atoms with E-state index >= 15 is 0 Å². The summed E-state index contributed by atoms with van der Waals surface area (Å²) < 4.78 is 5.51. The zero-order valence-corrected chi connectivity index (χ0v) is 58.6. The lowest BCUT2D eigenvalue weighted by atomic mass is 10.0. The summed E-state index contributed by atoms with van der Waals surface area (Å²) in [6.07, 6.45) is 97.0. The van der Waals surface area contributed by atoms with E-state index in [1.54, 1.807) is 0 Å². The summed E-state index contributed by atoms with van der Waals surface area (Å²) in [5.74, 6) is -0.0104. The fraction of sp³-hybridized carbons (Fsp3) is 0.925. The molecule has 2 atom stereocenters. The van der Waals surface area contributed by atoms with Gasteiger partial charge in [-0.2, -0.15) is 0 Å². The molecule has 0 aliphatic carbocycles. The number of hydrogen-bond donors (Lipinski definition) is 3. The Labute approximate surface area is 539 Å². The van der Waals surface area contributed by atoms with Gasteiger partial charge in [0, 0.05) is 12.8 Å². The van der Waals surface area contributed by atoms with Gasteiger partial charge in [0.25, 0.3) is 0 Å². The van der Waals surface area contributed by atoms with E-state index in [0.29, 0.717) is 25.9 Å². The van der Waals surface area contributed by atoms with Crippen LogP contribution in [0.3, 0.4) is 0 Å². The smallest absolute Gasteiger partial charge is 0.305 e. The average molecular weight is 1210 g/mol. The van der Waals surface area contributed by atoms with Crippen LogP contribution in [0.1, 0.15) is 450 Å². The second kappa shape index (κ2) is 75.8. The number of aliphatic hydroxyl groups is 2. The number of ether oxygens (including phenoxy) is 1. The molecular weight excluding hydrogens is 1050 g/mol. The molecule has 0 heterocycles. The number of esters is 1. The van der Waals surface area contributed by atoms with Gasteiger partial charge in [0.2, 0.25) is 5.91 Å². The summed E-state index contributed by atoms with van der Waals surface area (Å²) in [4.78, 5) is 24.7. The Morgan fingerprint density at radius 3 is 0.907 bits per heavy atom. The van der Waals surface area contributed by atoms with Crippen LogP contribution in [0.2, 0.25) is 0 Å². The number of nitrogens with one attached hydrogen (secondary N) is 1. The highest BCUT2D eigenvalue weighted by molar-refractivity contribution is 5.76. The average Bonchev–Trinajstić information content (AvgIpc) is 3.55. The fourth-order valence-corrected chi connectivity index (χ4v) is 12.7. The van der Waals surface area contributed by atoms with E-state index < -0.39 is 12.1 Å². The molecule has 0 spiro atoms. The minimum Gasteiger partial charge on any atom is -0.466 e. The molecule has 0 bridgehead atoms. The molecule has 0 aromatic heterocycles. The first kappa shape index (κ1) is 84.3. The number of carbonyl (C=O) groups is 2. The lowest BCUT2D eigenvalue weighted by Gasteiger charge is -2.22. The Morgan fingerprint density at radius 1 is 0.326 bits per heavy atom. The van der Waals surface area contributed by atoms with Gasteiger partial charge in [0.05, 0.1) is 25.4 Å². The third-order valence-electron chi connectivity index (χ3n) is 18.8. The molecule has 510 valence electrons. The van der Waals surface area contributed by atoms with E-state index in [9.17, 15) is 19.8 Å². The normalized spacial score (nSPS) is 12.6. The van der Waals surface area contributed by atoms with Crippen molar-refractivity contribution in [3.63, 3.8) is 0 Å². The summed E-state index contributed by atoms with van der Waals surface area (Å²) in [6.45, 7) is 4.98. The predicted molar refractivity (Wildman–Crippen MR) is 380 cm³/mol. The highest BCUT2D eigenvalue weighted by Crippen LogP contribution is 2.20. The van der Waals surface area contributed by atoms with Crippen molar-refractivity contribution < 1.29 is 24.5 Å². The Hall–Kier alpha value is -1.66. The Bertz CT molecular complexity index is 1350. The third kappa shape index (κ3) is 71.4. The van der Waals surface area contributed by atoms with Crippen LogP contribution < -0.4 is 5.32 Å². The molecule has 0 saturated heterocycles. The zero-order valence-electron chi connectivity index (χ0n) is 58.6. The van der Waals surface area contributed by atoms with Gasteiger partial charge in [-0.1, -0.05) is 404 Å². The fourth-order valence-electron chi connectivity index (χ4n) is 12.7. The Balaban J connectivity index is 3.31. The van der Waals surface area contributed by atoms with Crippen LogP contribution in [0.4, 0.5) is 0 Å². The van der Waals surface area contributed by atoms with Gasteiger partial charge in [0.1, 0.15) is 0 Å². The topological polar surface area (TPSA) is 95.9 Å². The first-order valence-electron chi connectivity index (χ1n) is 39.6. The van der Waals surface area contributed by atoms with Crippen molar-refractivity contribution in [1.82, 2.24) is 5.32 Å². The van der Waals surface area contributed by atoms with Crippen LogP contribution in [0, 0.1) is 0 Å². The molecule has 6 nitrogen and oxygen atoms in total. The van der Waals surface area contributed by atoms with E-state index in [-0.39, 0.29) is 18.5 Å². The maximum absolute atomic E-state index is 12.6. The van der Waals surface area contributed by atoms with Gasteiger partial charge in [-0.05, 0) is 57.8 Å². The van der Waals surface area contributed by atoms with E-state index in [2.05, 4.69) is 43.5 Å². The van der Waals surface area contributed by atoms with Gasteiger partial charge >= 0.3 is 5.97 Å². The minimum absolute atomic E-state index is 0.0149. The van der Waals surface area contributed by atoms with Crippen molar-refractivity contribution in [2.24, 2.45) is 0 Å². The van der Waals surface area contributed by atoms with Crippen molar-refractivity contribution in [3.05, 3.63) is 24.3 Å². The number of allylic oxidation sites excluding steroid dienone is 4. The molecule has 0 fully saturated rings. The molecule has 2 unspecified atom stereocenters. The lowest BCUT2D eigenvalue weighted by Crippen LogP contribution is -2.45. The van der Waals surface area contributed by atoms with Crippen LogP contribution in [-0.4, -0.2) is 47.4 Å². The third-order valence-corrected chi connectivity index (χ3v) is 18.8. The summed E-state index contributed by atoms with van der Waals surface area (Å²) in [6, 6.07) is -0.538. The zero-order chi connectivity index (χ0) is 62.0. The van der Waals surface area contributed by atoms with Crippen molar-refractivity contribution in [2.45, 2.75) is 463 Å². The van der Waals surface area contributed by atoms with Crippen LogP contribution >= 0.6 is 0 Å². The monoisotopic (exact) mass is 1210 g/mol. The quantitative estimate of drug-likeness (QED) is 0.0320. The Morgan fingerprint density at radius 2 is 0.581 bits per heavy atom. The number of carbonyl (C=O) groups excluding carboxylic acids is 2. The molecule has 1 amide bonds. The number of hydrogen-bond acceptors (Lipinski definition) is 5. The molecule has 0 aliphatic rings. The summed E-state index contributed by atoms with van der Waals surface area (Å²) in [7, 11) is 0. The van der Waals surface area contributed by atoms with Crippen LogP contribution in [0.25, 0.3) is 0 Å². The van der Waals surface area contributed by atoms with Gasteiger partial charge in [-0.3, -0.25) is 9.59 Å². The second-order valence-corrected chi connectivity index (χ2v) is 27.4. The Kier molecular flexibility index (Phi) is 74.3. The summed E-state index contributed by atoms with van der Waals surface area (Å²) in [5.41, 5.74) is 0. The molecule has 0 aromatic rings. The molecule has 0 aliphatic heterocycles. The number of rotatable bonds is 75. The molecule has 6 heteroatoms. The lowest BCUT2D eigenvalue weighted by molar-refractivity contribution is -0.143. The maximum atomic E-state index is 12.6. The molecule has 0 rings (SSSR count). The van der Waals surface area contributed by atoms with Crippen LogP contribution in [-0.2, 0) is 14.3 Å². The molecule has 0 radical (unpaired) electrons. The van der Waals surface area contributed by atoms with Gasteiger partial charge in [0.15, 0.2) is 0 Å². The second-order valence-electron chi connectivity index (χ2n) is 27.4. The van der Waals surface area contributed by atoms with Gasteiger partial charge in [-0.15, -0.1) is 0 Å². The minimum atomic E-state index is -0.661. The van der Waals surface area contributed by atoms with Crippen molar-refractivity contribution >= 4 is 11.9 Å². The molecular formula is C80H155NO5. The van der Waals surface area contributed by atoms with Crippen molar-refractivity contribution in [1.29, 1.82) is 0 Å². The van der Waals surface area contributed by atoms with Gasteiger partial charge < -0.3 is 20.3 Å². The SMILES string of the molecule is CCCCC/C=C\C/C=C\CCCCCCCCCC(=O)OCCCCCCCCCCCCCCCCCCCCCCCCCCCCCCCCCCCC(=O)NC(CO)C(O)CCCCCCCCCCCCCCCCCCCCC. The molecule has 86 heavy (non-hydrogen) atoms. The molecule has 3 N–H and O–H groups in total. The highest BCUT2D eigenvalue weighted by atomic mass is 16.5. The van der Waals surface area contributed by atoms with Crippen molar-refractivity contribution in [2.75, 3.05) is 13.2 Å². The van der Waals surface area contributed by atoms with Crippen LogP contribution in [0.15, 0.2) is 24.3 Å². The largest absolute Gasteiger partial charge is 0.466 e. The summed E-state index contributed by atoms with van der Waals surface area (Å²) in [5, 5.41) is 23.4. The van der Waals surface area contributed by atoms with Crippen molar-refractivity contribution in [3.8, 4) is 0 Å². The summed E-state index contributed by atoms with van der Waals surface area (Å²) >= 11 is 0. The molecule has 0 aromatic carbocycles. The number of amides is 1. The van der Waals surface area contributed by atoms with E-state index in [1.807, 2.05) is 0 Å². The van der Waals surface area contributed by atoms with Crippen LogP contribution in [0.5, 0.6) is 0 Å². The van der Waals surface area contributed by atoms with E-state index in [0.717, 1.165) is 51.4 Å². The molecule has 0 saturated carbocycles. The van der Waals surface area contributed by atoms with Gasteiger partial charge in [-0.25, -0.2) is 0 Å².